The Kier molecular flexibility index (Phi) is 3.57. The molecular weight excluding hydrogens is 252 g/mol. The number of aromatic nitrogens is 2. The molecule has 0 spiro atoms. The third-order valence-electron chi connectivity index (χ3n) is 2.25. The highest BCUT2D eigenvalue weighted by Gasteiger charge is 2.09. The first-order valence-corrected chi connectivity index (χ1v) is 6.18. The van der Waals surface area contributed by atoms with Gasteiger partial charge >= 0.3 is 5.97 Å². The van der Waals surface area contributed by atoms with E-state index in [4.69, 9.17) is 9.84 Å². The fourth-order valence-corrected chi connectivity index (χ4v) is 1.95. The summed E-state index contributed by atoms with van der Waals surface area (Å²) in [7, 11) is 0. The van der Waals surface area contributed by atoms with E-state index in [1.165, 1.54) is 23.7 Å². The number of hydrogen-bond donors (Lipinski definition) is 1. The number of hydrogen-bond acceptors (Lipinski definition) is 5. The van der Waals surface area contributed by atoms with Crippen molar-refractivity contribution in [1.29, 1.82) is 0 Å². The molecule has 0 amide bonds. The number of carboxylic acid groups (broad SMARTS) is 1. The van der Waals surface area contributed by atoms with Crippen molar-refractivity contribution in [2.75, 3.05) is 0 Å². The minimum atomic E-state index is -0.959. The van der Waals surface area contributed by atoms with Crippen molar-refractivity contribution < 1.29 is 14.6 Å². The molecule has 0 aliphatic carbocycles. The van der Waals surface area contributed by atoms with E-state index >= 15 is 0 Å². The van der Waals surface area contributed by atoms with Gasteiger partial charge in [0.05, 0.1) is 5.56 Å². The van der Waals surface area contributed by atoms with Gasteiger partial charge in [-0.05, 0) is 24.3 Å². The molecule has 0 saturated heterocycles. The summed E-state index contributed by atoms with van der Waals surface area (Å²) >= 11 is 1.18. The van der Waals surface area contributed by atoms with E-state index in [-0.39, 0.29) is 11.5 Å². The maximum Gasteiger partial charge on any atom is 0.335 e. The van der Waals surface area contributed by atoms with Crippen LogP contribution in [0.2, 0.25) is 0 Å². The highest BCUT2D eigenvalue weighted by molar-refractivity contribution is 7.07. The molecule has 5 nitrogen and oxygen atoms in total. The molecule has 0 unspecified atom stereocenters. The van der Waals surface area contributed by atoms with Crippen molar-refractivity contribution >= 4 is 17.5 Å². The van der Waals surface area contributed by atoms with Crippen molar-refractivity contribution in [2.24, 2.45) is 0 Å². The molecule has 18 heavy (non-hydrogen) atoms. The SMILES string of the molecule is CC(C)c1nsc(Oc2ccc(C(=O)O)cc2)n1. The Hall–Kier alpha value is -1.95. The Labute approximate surface area is 108 Å². The second-order valence-corrected chi connectivity index (χ2v) is 4.72. The summed E-state index contributed by atoms with van der Waals surface area (Å²) in [5, 5.41) is 9.23. The number of rotatable bonds is 4. The number of ether oxygens (including phenoxy) is 1. The molecule has 2 rings (SSSR count). The van der Waals surface area contributed by atoms with Gasteiger partial charge in [0.1, 0.15) is 11.6 Å². The van der Waals surface area contributed by atoms with Gasteiger partial charge in [0.2, 0.25) is 0 Å². The van der Waals surface area contributed by atoms with Crippen LogP contribution in [-0.4, -0.2) is 20.4 Å². The number of carbonyl (C=O) groups is 1. The van der Waals surface area contributed by atoms with Crippen molar-refractivity contribution in [3.63, 3.8) is 0 Å². The Bertz CT molecular complexity index is 549. The van der Waals surface area contributed by atoms with Gasteiger partial charge in [0, 0.05) is 17.5 Å². The van der Waals surface area contributed by atoms with Crippen LogP contribution in [0.4, 0.5) is 0 Å². The van der Waals surface area contributed by atoms with Gasteiger partial charge in [0.15, 0.2) is 0 Å². The second kappa shape index (κ2) is 5.14. The molecule has 1 heterocycles. The van der Waals surface area contributed by atoms with Gasteiger partial charge in [-0.3, -0.25) is 0 Å². The number of benzene rings is 1. The first kappa shape index (κ1) is 12.5. The van der Waals surface area contributed by atoms with E-state index in [2.05, 4.69) is 9.36 Å². The van der Waals surface area contributed by atoms with Crippen molar-refractivity contribution in [3.05, 3.63) is 35.7 Å². The molecule has 6 heteroatoms. The zero-order valence-corrected chi connectivity index (χ0v) is 10.8. The van der Waals surface area contributed by atoms with Crippen LogP contribution in [-0.2, 0) is 0 Å². The molecule has 1 N–H and O–H groups in total. The average Bonchev–Trinajstić information content (AvgIpc) is 2.78. The fraction of sp³-hybridized carbons (Fsp3) is 0.250. The molecule has 0 aliphatic rings. The largest absolute Gasteiger partial charge is 0.478 e. The smallest absolute Gasteiger partial charge is 0.335 e. The van der Waals surface area contributed by atoms with E-state index in [9.17, 15) is 4.79 Å². The van der Waals surface area contributed by atoms with Crippen molar-refractivity contribution in [1.82, 2.24) is 9.36 Å². The average molecular weight is 264 g/mol. The second-order valence-electron chi connectivity index (χ2n) is 4.00. The molecule has 0 bridgehead atoms. The molecular formula is C12H12N2O3S. The van der Waals surface area contributed by atoms with Crippen LogP contribution in [0.25, 0.3) is 0 Å². The third-order valence-corrected chi connectivity index (χ3v) is 2.86. The highest BCUT2D eigenvalue weighted by atomic mass is 32.1. The van der Waals surface area contributed by atoms with Crippen LogP contribution < -0.4 is 4.74 Å². The molecule has 0 aliphatic heterocycles. The van der Waals surface area contributed by atoms with Crippen LogP contribution in [0, 0.1) is 0 Å². The van der Waals surface area contributed by atoms with E-state index in [0.29, 0.717) is 10.9 Å². The van der Waals surface area contributed by atoms with Gasteiger partial charge in [-0.15, -0.1) is 0 Å². The van der Waals surface area contributed by atoms with Crippen LogP contribution in [0.1, 0.15) is 35.9 Å². The Morgan fingerprint density at radius 1 is 1.33 bits per heavy atom. The van der Waals surface area contributed by atoms with E-state index in [0.717, 1.165) is 5.82 Å². The van der Waals surface area contributed by atoms with Gasteiger partial charge in [-0.2, -0.15) is 9.36 Å². The Morgan fingerprint density at radius 2 is 2.00 bits per heavy atom. The summed E-state index contributed by atoms with van der Waals surface area (Å²) in [4.78, 5) is 14.9. The molecule has 0 radical (unpaired) electrons. The maximum absolute atomic E-state index is 10.7. The predicted molar refractivity (Wildman–Crippen MR) is 67.5 cm³/mol. The predicted octanol–water partition coefficient (Wildman–Crippen LogP) is 3.15. The summed E-state index contributed by atoms with van der Waals surface area (Å²) in [5.41, 5.74) is 0.225. The van der Waals surface area contributed by atoms with E-state index in [1.807, 2.05) is 13.8 Å². The fourth-order valence-electron chi connectivity index (χ4n) is 1.26. The molecule has 0 saturated carbocycles. The first-order chi connectivity index (χ1) is 8.56. The van der Waals surface area contributed by atoms with Crippen LogP contribution in [0.3, 0.4) is 0 Å². The summed E-state index contributed by atoms with van der Waals surface area (Å²) < 4.78 is 9.66. The van der Waals surface area contributed by atoms with E-state index in [1.54, 1.807) is 12.1 Å². The molecule has 0 fully saturated rings. The zero-order chi connectivity index (χ0) is 13.1. The van der Waals surface area contributed by atoms with Crippen molar-refractivity contribution in [2.45, 2.75) is 19.8 Å². The van der Waals surface area contributed by atoms with Crippen LogP contribution >= 0.6 is 11.5 Å². The van der Waals surface area contributed by atoms with Gasteiger partial charge in [-0.1, -0.05) is 13.8 Å². The Morgan fingerprint density at radius 3 is 2.50 bits per heavy atom. The number of aromatic carboxylic acids is 1. The lowest BCUT2D eigenvalue weighted by atomic mass is 10.2. The topological polar surface area (TPSA) is 72.3 Å². The van der Waals surface area contributed by atoms with Crippen molar-refractivity contribution in [3.8, 4) is 10.9 Å². The van der Waals surface area contributed by atoms with Gasteiger partial charge < -0.3 is 9.84 Å². The minimum Gasteiger partial charge on any atom is -0.478 e. The molecule has 1 aromatic carbocycles. The lowest BCUT2D eigenvalue weighted by molar-refractivity contribution is 0.0697. The molecule has 0 atom stereocenters. The summed E-state index contributed by atoms with van der Waals surface area (Å²) in [6.07, 6.45) is 0. The maximum atomic E-state index is 10.7. The standard InChI is InChI=1S/C12H12N2O3S/c1-7(2)10-13-12(18-14-10)17-9-5-3-8(4-6-9)11(15)16/h3-7H,1-2H3,(H,15,16). The van der Waals surface area contributed by atoms with Crippen LogP contribution in [0.5, 0.6) is 10.9 Å². The monoisotopic (exact) mass is 264 g/mol. The number of carboxylic acids is 1. The quantitative estimate of drug-likeness (QED) is 0.918. The van der Waals surface area contributed by atoms with Gasteiger partial charge in [-0.25, -0.2) is 4.79 Å². The third kappa shape index (κ3) is 2.84. The summed E-state index contributed by atoms with van der Waals surface area (Å²) in [6.45, 7) is 4.01. The van der Waals surface area contributed by atoms with E-state index < -0.39 is 5.97 Å². The lowest BCUT2D eigenvalue weighted by Crippen LogP contribution is -1.95. The minimum absolute atomic E-state index is 0.225. The summed E-state index contributed by atoms with van der Waals surface area (Å²) in [5.74, 6) is 0.594. The van der Waals surface area contributed by atoms with Gasteiger partial charge in [0.25, 0.3) is 5.19 Å². The first-order valence-electron chi connectivity index (χ1n) is 5.41. The highest BCUT2D eigenvalue weighted by Crippen LogP contribution is 2.25. The molecule has 1 aromatic heterocycles. The number of nitrogens with zero attached hydrogens (tertiary/aromatic N) is 2. The molecule has 94 valence electrons. The normalized spacial score (nSPS) is 10.6. The lowest BCUT2D eigenvalue weighted by Gasteiger charge is -2.01. The summed E-state index contributed by atoms with van der Waals surface area (Å²) in [6, 6.07) is 6.17. The Balaban J connectivity index is 2.10. The zero-order valence-electron chi connectivity index (χ0n) is 9.95. The van der Waals surface area contributed by atoms with Crippen LogP contribution in [0.15, 0.2) is 24.3 Å². The molecule has 2 aromatic rings.